The minimum Gasteiger partial charge on any atom is -0.456 e. The quantitative estimate of drug-likeness (QED) is 0.114. The molecule has 0 atom stereocenters. The summed E-state index contributed by atoms with van der Waals surface area (Å²) in [4.78, 5) is 41.4. The average Bonchev–Trinajstić information content (AvgIpc) is 1.61. The average molecular weight is 1350 g/mol. The van der Waals surface area contributed by atoms with Gasteiger partial charge in [-0.2, -0.15) is 9.97 Å². The lowest BCUT2D eigenvalue weighted by Gasteiger charge is -2.13. The van der Waals surface area contributed by atoms with Gasteiger partial charge in [0.05, 0.1) is 11.0 Å². The highest BCUT2D eigenvalue weighted by atomic mass is 16.4. The minimum absolute atomic E-state index is 0.501. The molecule has 13 nitrogen and oxygen atoms in total. The molecule has 105 heavy (non-hydrogen) atoms. The fourth-order valence-electron chi connectivity index (χ4n) is 14.7. The van der Waals surface area contributed by atoms with Gasteiger partial charge in [-0.05, 0) is 148 Å². The van der Waals surface area contributed by atoms with Crippen LogP contribution in [-0.2, 0) is 0 Å². The van der Waals surface area contributed by atoms with Crippen LogP contribution in [0.15, 0.2) is 339 Å². The molecule has 0 aliphatic carbocycles. The molecule has 13 heteroatoms. The smallest absolute Gasteiger partial charge is 0.238 e. The third-order valence-electron chi connectivity index (χ3n) is 19.9. The van der Waals surface area contributed by atoms with Crippen molar-refractivity contribution in [2.45, 2.75) is 0 Å². The molecular formula is C92H53N9O4. The largest absolute Gasteiger partial charge is 0.456 e. The lowest BCUT2D eigenvalue weighted by Crippen LogP contribution is -2.06. The van der Waals surface area contributed by atoms with Crippen LogP contribution in [0.5, 0.6) is 0 Å². The molecule has 0 saturated carbocycles. The van der Waals surface area contributed by atoms with Crippen molar-refractivity contribution in [2.24, 2.45) is 0 Å². The molecule has 0 aliphatic heterocycles. The zero-order chi connectivity index (χ0) is 69.1. The highest BCUT2D eigenvalue weighted by Gasteiger charge is 2.25. The molecule has 0 N–H and O–H groups in total. The van der Waals surface area contributed by atoms with Crippen molar-refractivity contribution in [2.75, 3.05) is 0 Å². The molecule has 7 heterocycles. The lowest BCUT2D eigenvalue weighted by molar-refractivity contribution is 0.619. The van der Waals surface area contributed by atoms with Crippen LogP contribution in [0.1, 0.15) is 0 Å². The van der Waals surface area contributed by atoms with Crippen molar-refractivity contribution in [3.05, 3.63) is 322 Å². The van der Waals surface area contributed by atoms with Crippen molar-refractivity contribution in [1.82, 2.24) is 44.4 Å². The molecule has 0 spiro atoms. The molecule has 21 rings (SSSR count). The van der Waals surface area contributed by atoms with E-state index in [1.165, 1.54) is 0 Å². The van der Waals surface area contributed by atoms with Gasteiger partial charge in [-0.25, -0.2) is 29.9 Å². The van der Waals surface area contributed by atoms with Gasteiger partial charge in [-0.3, -0.25) is 4.57 Å². The minimum atomic E-state index is 0.501. The molecule has 7 aromatic heterocycles. The monoisotopic (exact) mass is 1350 g/mol. The second-order valence-electron chi connectivity index (χ2n) is 26.1. The Labute approximate surface area is 598 Å². The third kappa shape index (κ3) is 10.2. The van der Waals surface area contributed by atoms with E-state index in [0.717, 1.165) is 166 Å². The summed E-state index contributed by atoms with van der Waals surface area (Å²) in [6.07, 6.45) is 0. The molecule has 0 fully saturated rings. The van der Waals surface area contributed by atoms with E-state index >= 15 is 0 Å². The zero-order valence-electron chi connectivity index (χ0n) is 55.8. The summed E-state index contributed by atoms with van der Waals surface area (Å²) < 4.78 is 28.2. The Morgan fingerprint density at radius 2 is 0.619 bits per heavy atom. The maximum Gasteiger partial charge on any atom is 0.238 e. The number of hydrogen-bond donors (Lipinski definition) is 0. The molecule has 0 saturated heterocycles. The summed E-state index contributed by atoms with van der Waals surface area (Å²) in [5, 5.41) is 5.85. The van der Waals surface area contributed by atoms with E-state index in [4.69, 9.17) is 57.5 Å². The molecule has 0 aliphatic rings. The number of oxazole rings is 2. The molecule has 490 valence electrons. The Hall–Kier alpha value is -14.6. The van der Waals surface area contributed by atoms with Crippen LogP contribution < -0.4 is 0 Å². The third-order valence-corrected chi connectivity index (χ3v) is 19.9. The number of benzene rings is 14. The van der Waals surface area contributed by atoms with Crippen molar-refractivity contribution in [1.29, 1.82) is 0 Å². The molecular weight excluding hydrogens is 1300 g/mol. The van der Waals surface area contributed by atoms with E-state index < -0.39 is 0 Å². The Morgan fingerprint density at radius 1 is 0.210 bits per heavy atom. The summed E-state index contributed by atoms with van der Waals surface area (Å²) in [6, 6.07) is 109. The Morgan fingerprint density at radius 3 is 1.22 bits per heavy atom. The second-order valence-corrected chi connectivity index (χ2v) is 26.1. The van der Waals surface area contributed by atoms with E-state index in [9.17, 15) is 0 Å². The highest BCUT2D eigenvalue weighted by molar-refractivity contribution is 6.17. The SMILES string of the molecule is c1ccc(-c2nc(-c3cccc(-c4ccc(-c5ccc(-c6nc(-c7ccccc7)nc(-n7c8ccccc8c8ccccc87)n6)c6c5oc5ccc(-c7ccc(-c8nc9ccccc9o8)cc7)cc56)cc4)c3)nc(-c3cccc4oc5ccc(-c6ccc(-c7nc8ccccc8o7)cc6)cc5c34)n2)cc1. The van der Waals surface area contributed by atoms with E-state index in [1.54, 1.807) is 0 Å². The number of nitrogens with zero attached hydrogens (tertiary/aromatic N) is 9. The predicted molar refractivity (Wildman–Crippen MR) is 417 cm³/mol. The van der Waals surface area contributed by atoms with Gasteiger partial charge in [0.1, 0.15) is 33.4 Å². The molecule has 0 radical (unpaired) electrons. The summed E-state index contributed by atoms with van der Waals surface area (Å²) >= 11 is 0. The second kappa shape index (κ2) is 24.1. The van der Waals surface area contributed by atoms with Crippen molar-refractivity contribution >= 4 is 87.9 Å². The van der Waals surface area contributed by atoms with Gasteiger partial charge in [-0.15, -0.1) is 0 Å². The zero-order valence-corrected chi connectivity index (χ0v) is 55.8. The van der Waals surface area contributed by atoms with E-state index in [1.807, 2.05) is 127 Å². The van der Waals surface area contributed by atoms with Gasteiger partial charge >= 0.3 is 0 Å². The van der Waals surface area contributed by atoms with Crippen LogP contribution in [0.4, 0.5) is 0 Å². The van der Waals surface area contributed by atoms with Crippen LogP contribution in [0.3, 0.4) is 0 Å². The number of furan rings is 2. The van der Waals surface area contributed by atoms with Gasteiger partial charge in [-0.1, -0.05) is 212 Å². The van der Waals surface area contributed by atoms with E-state index in [0.29, 0.717) is 52.4 Å². The van der Waals surface area contributed by atoms with Crippen LogP contribution in [0, 0.1) is 0 Å². The van der Waals surface area contributed by atoms with E-state index in [-0.39, 0.29) is 0 Å². The topological polar surface area (TPSA) is 161 Å². The Balaban J connectivity index is 0.665. The maximum atomic E-state index is 7.15. The molecule has 14 aromatic carbocycles. The Kier molecular flexibility index (Phi) is 13.6. The number of aromatic nitrogens is 9. The first-order valence-corrected chi connectivity index (χ1v) is 34.7. The summed E-state index contributed by atoms with van der Waals surface area (Å²) in [5.74, 6) is 4.31. The number of para-hydroxylation sites is 6. The van der Waals surface area contributed by atoms with Gasteiger partial charge in [0.15, 0.2) is 40.3 Å². The van der Waals surface area contributed by atoms with Crippen LogP contribution >= 0.6 is 0 Å². The van der Waals surface area contributed by atoms with Gasteiger partial charge in [0.2, 0.25) is 17.7 Å². The van der Waals surface area contributed by atoms with Crippen molar-refractivity contribution in [3.63, 3.8) is 0 Å². The molecule has 0 unspecified atom stereocenters. The molecule has 21 aromatic rings. The van der Waals surface area contributed by atoms with Crippen LogP contribution in [0.25, 0.3) is 218 Å². The molecule has 0 amide bonds. The first-order valence-electron chi connectivity index (χ1n) is 34.7. The number of hydrogen-bond acceptors (Lipinski definition) is 12. The van der Waals surface area contributed by atoms with Gasteiger partial charge < -0.3 is 17.7 Å². The van der Waals surface area contributed by atoms with Crippen LogP contribution in [-0.4, -0.2) is 44.4 Å². The van der Waals surface area contributed by atoms with Crippen LogP contribution in [0.2, 0.25) is 0 Å². The maximum absolute atomic E-state index is 7.15. The standard InChI is InChI=1S/C92H53N9O4/c1-3-17-58(18-4-1)85-95-87(98-88(96-85)69-25-16-32-81-82(69)71-52-63(45-49-77(71)102-81)55-35-41-60(42-36-55)90-93-73-26-9-13-30-79(73)104-90)65-22-15-21-62(51-65)54-33-39-57(40-34-54)66-47-48-70(83-72-53-64(46-50-78(72)103-84(66)83)56-37-43-61(44-38-56)91-94-74-27-10-14-31-80(74)105-91)89-97-86(59-19-5-2-6-20-59)99-92(100-89)101-75-28-11-7-23-67(75)68-24-8-12-29-76(68)101/h1-53H. The number of rotatable bonds is 12. The lowest BCUT2D eigenvalue weighted by atomic mass is 9.95. The van der Waals surface area contributed by atoms with E-state index in [2.05, 4.69) is 199 Å². The first kappa shape index (κ1) is 59.3. The van der Waals surface area contributed by atoms with Crippen molar-refractivity contribution < 1.29 is 17.7 Å². The fraction of sp³-hybridized carbons (Fsp3) is 0. The highest BCUT2D eigenvalue weighted by Crippen LogP contribution is 2.45. The summed E-state index contributed by atoms with van der Waals surface area (Å²) in [5.41, 5.74) is 21.9. The fourth-order valence-corrected chi connectivity index (χ4v) is 14.7. The summed E-state index contributed by atoms with van der Waals surface area (Å²) in [7, 11) is 0. The van der Waals surface area contributed by atoms with Gasteiger partial charge in [0.25, 0.3) is 0 Å². The van der Waals surface area contributed by atoms with Crippen molar-refractivity contribution in [3.8, 4) is 130 Å². The normalized spacial score (nSPS) is 11.8. The Bertz CT molecular complexity index is 6900. The number of fused-ring (bicyclic) bond motifs is 11. The predicted octanol–water partition coefficient (Wildman–Crippen LogP) is 23.6. The first-order chi connectivity index (χ1) is 52.0. The summed E-state index contributed by atoms with van der Waals surface area (Å²) in [6.45, 7) is 0. The molecule has 0 bridgehead atoms. The van der Waals surface area contributed by atoms with Gasteiger partial charge in [0, 0.05) is 76.8 Å².